The zero-order valence-electron chi connectivity index (χ0n) is 7.14. The number of Topliss-reactive ketones (excluding diaryl/α,β-unsaturated/α-hetero) is 1. The van der Waals surface area contributed by atoms with E-state index in [0.717, 1.165) is 0 Å². The molecule has 0 amide bonds. The van der Waals surface area contributed by atoms with Crippen molar-refractivity contribution in [1.29, 1.82) is 5.26 Å². The smallest absolute Gasteiger partial charge is 0.204 e. The van der Waals surface area contributed by atoms with Gasteiger partial charge in [-0.15, -0.1) is 0 Å². The lowest BCUT2D eigenvalue weighted by molar-refractivity contribution is 0.104. The van der Waals surface area contributed by atoms with Gasteiger partial charge in [-0.2, -0.15) is 5.26 Å². The number of carbonyl (C=O) groups excluding carboxylic acids is 1. The quantitative estimate of drug-likeness (QED) is 0.683. The van der Waals surface area contributed by atoms with Gasteiger partial charge in [-0.25, -0.2) is 0 Å². The largest absolute Gasteiger partial charge is 0.288 e. The van der Waals surface area contributed by atoms with E-state index in [9.17, 15) is 4.79 Å². The number of hydrogen-bond donors (Lipinski definition) is 0. The molecule has 0 bridgehead atoms. The molecular weight excluding hydrogens is 301 g/mol. The molecule has 2 rings (SSSR count). The fourth-order valence-corrected chi connectivity index (χ4v) is 2.21. The maximum atomic E-state index is 11.6. The third kappa shape index (κ3) is 1.50. The number of fused-ring (bicyclic) bond motifs is 1. The van der Waals surface area contributed by atoms with Crippen LogP contribution in [0.5, 0.6) is 0 Å². The minimum atomic E-state index is -0.330. The first-order valence-electron chi connectivity index (χ1n) is 3.90. The fourth-order valence-electron chi connectivity index (χ4n) is 1.38. The third-order valence-corrected chi connectivity index (χ3v) is 4.07. The Balaban J connectivity index is 2.77. The zero-order valence-corrected chi connectivity index (χ0v) is 10.2. The Kier molecular flexibility index (Phi) is 2.59. The van der Waals surface area contributed by atoms with Crippen LogP contribution in [0.2, 0.25) is 10.0 Å². The number of nitrogens with zero attached hydrogens (tertiary/aromatic N) is 1. The van der Waals surface area contributed by atoms with Crippen LogP contribution in [0.4, 0.5) is 0 Å². The van der Waals surface area contributed by atoms with Crippen LogP contribution in [0.3, 0.4) is 0 Å². The molecule has 0 saturated heterocycles. The van der Waals surface area contributed by atoms with Crippen molar-refractivity contribution in [2.75, 3.05) is 0 Å². The highest BCUT2D eigenvalue weighted by atomic mass is 79.9. The molecular formula is C10H2BrCl2NO. The molecule has 0 heterocycles. The predicted octanol–water partition coefficient (Wildman–Crippen LogP) is 3.86. The zero-order chi connectivity index (χ0) is 11.2. The molecule has 5 heteroatoms. The van der Waals surface area contributed by atoms with Gasteiger partial charge in [0.25, 0.3) is 0 Å². The maximum Gasteiger partial charge on any atom is 0.204 e. The first-order chi connectivity index (χ1) is 7.06. The van der Waals surface area contributed by atoms with Crippen molar-refractivity contribution < 1.29 is 4.79 Å². The molecule has 0 radical (unpaired) electrons. The van der Waals surface area contributed by atoms with Gasteiger partial charge in [0.15, 0.2) is 0 Å². The Bertz CT molecular complexity index is 558. The van der Waals surface area contributed by atoms with Crippen LogP contribution in [-0.2, 0) is 0 Å². The summed E-state index contributed by atoms with van der Waals surface area (Å²) in [5.74, 6) is -0.330. The number of allylic oxidation sites excluding steroid dienone is 1. The highest BCUT2D eigenvalue weighted by Gasteiger charge is 2.26. The van der Waals surface area contributed by atoms with E-state index < -0.39 is 0 Å². The molecule has 1 aromatic carbocycles. The van der Waals surface area contributed by atoms with Gasteiger partial charge in [0.2, 0.25) is 5.78 Å². The van der Waals surface area contributed by atoms with Crippen LogP contribution in [0.15, 0.2) is 16.1 Å². The standard InChI is InChI=1S/C10H2BrCl2NO/c11-8-7(12)2-6-5(9(8)13)1-4(3-14)10(6)15/h1-2H. The lowest BCUT2D eigenvalue weighted by atomic mass is 10.1. The Morgan fingerprint density at radius 1 is 1.40 bits per heavy atom. The van der Waals surface area contributed by atoms with E-state index in [0.29, 0.717) is 25.6 Å². The van der Waals surface area contributed by atoms with Crippen LogP contribution >= 0.6 is 39.1 Å². The number of carbonyl (C=O) groups is 1. The van der Waals surface area contributed by atoms with E-state index in [2.05, 4.69) is 15.9 Å². The molecule has 0 aliphatic heterocycles. The number of benzene rings is 1. The molecule has 0 aromatic heterocycles. The Morgan fingerprint density at radius 3 is 2.67 bits per heavy atom. The van der Waals surface area contributed by atoms with E-state index in [4.69, 9.17) is 28.5 Å². The van der Waals surface area contributed by atoms with Gasteiger partial charge in [-0.05, 0) is 28.1 Å². The third-order valence-electron chi connectivity index (χ3n) is 2.10. The van der Waals surface area contributed by atoms with E-state index in [1.807, 2.05) is 6.07 Å². The van der Waals surface area contributed by atoms with Gasteiger partial charge in [0, 0.05) is 11.1 Å². The molecule has 1 aromatic rings. The van der Waals surface area contributed by atoms with Gasteiger partial charge in [0.1, 0.15) is 11.6 Å². The summed E-state index contributed by atoms with van der Waals surface area (Å²) in [6.07, 6.45) is 1.47. The summed E-state index contributed by atoms with van der Waals surface area (Å²) in [7, 11) is 0. The van der Waals surface area contributed by atoms with Crippen LogP contribution in [0.25, 0.3) is 6.08 Å². The second kappa shape index (κ2) is 3.64. The molecule has 0 saturated carbocycles. The molecule has 2 nitrogen and oxygen atoms in total. The summed E-state index contributed by atoms with van der Waals surface area (Å²) in [5.41, 5.74) is 1.01. The highest BCUT2D eigenvalue weighted by molar-refractivity contribution is 9.10. The van der Waals surface area contributed by atoms with Gasteiger partial charge < -0.3 is 0 Å². The normalized spacial score (nSPS) is 13.5. The first-order valence-corrected chi connectivity index (χ1v) is 5.45. The van der Waals surface area contributed by atoms with Crippen molar-refractivity contribution in [2.45, 2.75) is 0 Å². The fraction of sp³-hybridized carbons (Fsp3) is 0. The molecule has 0 unspecified atom stereocenters. The van der Waals surface area contributed by atoms with Crippen LogP contribution in [0, 0.1) is 11.3 Å². The number of halogens is 3. The van der Waals surface area contributed by atoms with Gasteiger partial charge in [-0.3, -0.25) is 4.79 Å². The summed E-state index contributed by atoms with van der Waals surface area (Å²) in [4.78, 5) is 11.6. The number of ketones is 1. The van der Waals surface area contributed by atoms with E-state index in [1.54, 1.807) is 0 Å². The van der Waals surface area contributed by atoms with Crippen molar-refractivity contribution in [1.82, 2.24) is 0 Å². The van der Waals surface area contributed by atoms with Gasteiger partial charge in [0.05, 0.1) is 14.5 Å². The molecule has 0 spiro atoms. The highest BCUT2D eigenvalue weighted by Crippen LogP contribution is 2.39. The van der Waals surface area contributed by atoms with Crippen molar-refractivity contribution in [3.63, 3.8) is 0 Å². The van der Waals surface area contributed by atoms with Crippen molar-refractivity contribution in [3.8, 4) is 6.07 Å². The molecule has 74 valence electrons. The second-order valence-corrected chi connectivity index (χ2v) is 4.52. The lowest BCUT2D eigenvalue weighted by Gasteiger charge is -2.04. The molecule has 1 aliphatic rings. The Hall–Kier alpha value is -0.820. The van der Waals surface area contributed by atoms with E-state index in [-0.39, 0.29) is 11.4 Å². The maximum absolute atomic E-state index is 11.6. The van der Waals surface area contributed by atoms with Crippen LogP contribution in [0.1, 0.15) is 15.9 Å². The van der Waals surface area contributed by atoms with E-state index in [1.165, 1.54) is 12.1 Å². The van der Waals surface area contributed by atoms with Crippen molar-refractivity contribution in [3.05, 3.63) is 37.3 Å². The average Bonchev–Trinajstić information content (AvgIpc) is 2.53. The minimum Gasteiger partial charge on any atom is -0.288 e. The van der Waals surface area contributed by atoms with Crippen LogP contribution in [-0.4, -0.2) is 5.78 Å². The first kappa shape index (κ1) is 10.7. The summed E-state index contributed by atoms with van der Waals surface area (Å²) < 4.78 is 0.535. The molecule has 0 N–H and O–H groups in total. The topological polar surface area (TPSA) is 40.9 Å². The molecule has 1 aliphatic carbocycles. The summed E-state index contributed by atoms with van der Waals surface area (Å²) in [6, 6.07) is 3.33. The average molecular weight is 303 g/mol. The monoisotopic (exact) mass is 301 g/mol. The minimum absolute atomic E-state index is 0.0843. The van der Waals surface area contributed by atoms with Gasteiger partial charge in [-0.1, -0.05) is 23.2 Å². The van der Waals surface area contributed by atoms with Gasteiger partial charge >= 0.3 is 0 Å². The summed E-state index contributed by atoms with van der Waals surface area (Å²) in [5, 5.41) is 9.43. The number of rotatable bonds is 0. The molecule has 15 heavy (non-hydrogen) atoms. The lowest BCUT2D eigenvalue weighted by Crippen LogP contribution is -1.97. The van der Waals surface area contributed by atoms with E-state index >= 15 is 0 Å². The van der Waals surface area contributed by atoms with Crippen LogP contribution < -0.4 is 0 Å². The van der Waals surface area contributed by atoms with Crippen molar-refractivity contribution >= 4 is 51.0 Å². The molecule has 0 atom stereocenters. The second-order valence-electron chi connectivity index (χ2n) is 2.95. The SMILES string of the molecule is N#CC1=Cc2c(cc(Cl)c(Br)c2Cl)C1=O. The Labute approximate surface area is 104 Å². The predicted molar refractivity (Wildman–Crippen MR) is 62.1 cm³/mol. The van der Waals surface area contributed by atoms with Crippen molar-refractivity contribution in [2.24, 2.45) is 0 Å². The summed E-state index contributed by atoms with van der Waals surface area (Å²) >= 11 is 15.1. The molecule has 0 fully saturated rings. The summed E-state index contributed by atoms with van der Waals surface area (Å²) in [6.45, 7) is 0. The Morgan fingerprint density at radius 2 is 2.07 bits per heavy atom. The number of nitriles is 1. The number of hydrogen-bond acceptors (Lipinski definition) is 2.